The highest BCUT2D eigenvalue weighted by molar-refractivity contribution is 6.35. The lowest BCUT2D eigenvalue weighted by Crippen LogP contribution is -2.09. The number of hydrogen-bond acceptors (Lipinski definition) is 3. The van der Waals surface area contributed by atoms with Crippen LogP contribution in [0.3, 0.4) is 0 Å². The first kappa shape index (κ1) is 22.0. The Morgan fingerprint density at radius 2 is 1.71 bits per heavy atom. The van der Waals surface area contributed by atoms with Gasteiger partial charge in [0.05, 0.1) is 11.3 Å². The minimum Gasteiger partial charge on any atom is -0.485 e. The molecule has 0 aliphatic heterocycles. The second kappa shape index (κ2) is 8.88. The molecule has 0 aliphatic rings. The Hall–Kier alpha value is -3.77. The summed E-state index contributed by atoms with van der Waals surface area (Å²) in [6, 6.07) is 18.4. The van der Waals surface area contributed by atoms with Crippen LogP contribution in [-0.2, 0) is 13.0 Å². The monoisotopic (exact) mass is 476 g/mol. The average molecular weight is 477 g/mol. The van der Waals surface area contributed by atoms with Crippen molar-refractivity contribution in [2.45, 2.75) is 20.0 Å². The highest BCUT2D eigenvalue weighted by atomic mass is 35.5. The van der Waals surface area contributed by atoms with Crippen LogP contribution in [-0.4, -0.2) is 15.2 Å². The molecule has 0 radical (unpaired) electrons. The zero-order valence-corrected chi connectivity index (χ0v) is 18.9. The van der Waals surface area contributed by atoms with Gasteiger partial charge in [0.1, 0.15) is 23.9 Å². The number of aryl methyl sites for hydroxylation is 1. The number of imidazole rings is 1. The van der Waals surface area contributed by atoms with Crippen molar-refractivity contribution in [1.82, 2.24) is 9.38 Å². The van der Waals surface area contributed by atoms with Gasteiger partial charge in [-0.25, -0.2) is 13.8 Å². The Balaban J connectivity index is 1.48. The molecule has 0 spiro atoms. The molecule has 170 valence electrons. The standard InChI is InChI=1S/C27H19ClF2N2O2/c1-16-26(24(33)14-17-11-12-21(28)19-7-3-2-6-18(17)19)32-13-5-10-25(27(32)31-16)34-15-20-22(29)8-4-9-23(20)30/h2-13H,14-15H2,1H3. The van der Waals surface area contributed by atoms with E-state index in [4.69, 9.17) is 16.3 Å². The minimum atomic E-state index is -0.683. The summed E-state index contributed by atoms with van der Waals surface area (Å²) in [4.78, 5) is 17.9. The molecule has 0 amide bonds. The number of ether oxygens (including phenoxy) is 1. The highest BCUT2D eigenvalue weighted by Gasteiger charge is 2.20. The van der Waals surface area contributed by atoms with Crippen molar-refractivity contribution >= 4 is 33.8 Å². The molecule has 0 unspecified atom stereocenters. The van der Waals surface area contributed by atoms with Gasteiger partial charge in [-0.1, -0.05) is 48.0 Å². The molecular weight excluding hydrogens is 458 g/mol. The zero-order valence-electron chi connectivity index (χ0n) is 18.2. The Bertz CT molecular complexity index is 1540. The van der Waals surface area contributed by atoms with Gasteiger partial charge in [-0.3, -0.25) is 9.20 Å². The maximum Gasteiger partial charge on any atom is 0.185 e. The van der Waals surface area contributed by atoms with Gasteiger partial charge >= 0.3 is 0 Å². The van der Waals surface area contributed by atoms with Gasteiger partial charge in [-0.05, 0) is 48.2 Å². The van der Waals surface area contributed by atoms with Crippen LogP contribution in [0.1, 0.15) is 27.3 Å². The fourth-order valence-electron chi connectivity index (χ4n) is 4.16. The van der Waals surface area contributed by atoms with Crippen molar-refractivity contribution < 1.29 is 18.3 Å². The summed E-state index contributed by atoms with van der Waals surface area (Å²) < 4.78 is 35.4. The van der Waals surface area contributed by atoms with Gasteiger partial charge in [-0.2, -0.15) is 0 Å². The third-order valence-electron chi connectivity index (χ3n) is 5.80. The second-order valence-corrected chi connectivity index (χ2v) is 8.36. The van der Waals surface area contributed by atoms with E-state index in [-0.39, 0.29) is 24.4 Å². The van der Waals surface area contributed by atoms with Crippen LogP contribution in [0.15, 0.2) is 72.9 Å². The Labute approximate surface area is 199 Å². The fraction of sp³-hybridized carbons (Fsp3) is 0.111. The Kier molecular flexibility index (Phi) is 5.75. The molecule has 5 aromatic rings. The number of Topliss-reactive ketones (excluding diaryl/α,β-unsaturated/α-hetero) is 1. The van der Waals surface area contributed by atoms with Crippen LogP contribution in [0.2, 0.25) is 5.02 Å². The molecule has 0 aliphatic carbocycles. The summed E-state index contributed by atoms with van der Waals surface area (Å²) in [5, 5.41) is 2.44. The lowest BCUT2D eigenvalue weighted by molar-refractivity contribution is 0.0987. The van der Waals surface area contributed by atoms with E-state index in [1.54, 1.807) is 35.7 Å². The zero-order chi connectivity index (χ0) is 23.8. The molecule has 0 fully saturated rings. The number of aromatic nitrogens is 2. The van der Waals surface area contributed by atoms with Crippen LogP contribution in [0.25, 0.3) is 16.4 Å². The van der Waals surface area contributed by atoms with Crippen molar-refractivity contribution in [2.24, 2.45) is 0 Å². The van der Waals surface area contributed by atoms with E-state index in [0.717, 1.165) is 16.3 Å². The maximum absolute atomic E-state index is 14.0. The normalized spacial score (nSPS) is 11.3. The summed E-state index contributed by atoms with van der Waals surface area (Å²) in [6.45, 7) is 1.45. The first-order valence-corrected chi connectivity index (χ1v) is 11.0. The summed E-state index contributed by atoms with van der Waals surface area (Å²) in [6.07, 6.45) is 1.89. The van der Waals surface area contributed by atoms with Crippen molar-refractivity contribution in [2.75, 3.05) is 0 Å². The number of rotatable bonds is 6. The maximum atomic E-state index is 14.0. The van der Waals surface area contributed by atoms with E-state index < -0.39 is 11.6 Å². The van der Waals surface area contributed by atoms with Gasteiger partial charge in [-0.15, -0.1) is 0 Å². The SMILES string of the molecule is Cc1nc2c(OCc3c(F)cccc3F)cccn2c1C(=O)Cc1ccc(Cl)c2ccccc12. The number of fused-ring (bicyclic) bond motifs is 2. The number of pyridine rings is 1. The topological polar surface area (TPSA) is 43.6 Å². The third kappa shape index (κ3) is 3.90. The first-order valence-electron chi connectivity index (χ1n) is 10.7. The van der Waals surface area contributed by atoms with E-state index in [2.05, 4.69) is 4.98 Å². The number of benzene rings is 3. The number of carbonyl (C=O) groups is 1. The van der Waals surface area contributed by atoms with Crippen LogP contribution < -0.4 is 4.74 Å². The van der Waals surface area contributed by atoms with Gasteiger partial charge < -0.3 is 4.74 Å². The van der Waals surface area contributed by atoms with Crippen LogP contribution in [0.4, 0.5) is 8.78 Å². The third-order valence-corrected chi connectivity index (χ3v) is 6.13. The van der Waals surface area contributed by atoms with Gasteiger partial charge in [0.2, 0.25) is 0 Å². The molecule has 5 rings (SSSR count). The quantitative estimate of drug-likeness (QED) is 0.255. The van der Waals surface area contributed by atoms with Crippen molar-refractivity contribution in [1.29, 1.82) is 0 Å². The van der Waals surface area contributed by atoms with Crippen molar-refractivity contribution in [3.63, 3.8) is 0 Å². The molecule has 3 aromatic carbocycles. The Morgan fingerprint density at radius 3 is 2.47 bits per heavy atom. The second-order valence-electron chi connectivity index (χ2n) is 7.95. The molecule has 0 saturated heterocycles. The summed E-state index contributed by atoms with van der Waals surface area (Å²) in [5.74, 6) is -1.16. The van der Waals surface area contributed by atoms with Crippen LogP contribution in [0, 0.1) is 18.6 Å². The smallest absolute Gasteiger partial charge is 0.185 e. The summed E-state index contributed by atoms with van der Waals surface area (Å²) in [5.41, 5.74) is 2.06. The number of hydrogen-bond donors (Lipinski definition) is 0. The molecule has 0 atom stereocenters. The van der Waals surface area contributed by atoms with Crippen LogP contribution >= 0.6 is 11.6 Å². The molecule has 0 bridgehead atoms. The molecule has 4 nitrogen and oxygen atoms in total. The van der Waals surface area contributed by atoms with E-state index in [1.807, 2.05) is 30.3 Å². The minimum absolute atomic E-state index is 0.116. The summed E-state index contributed by atoms with van der Waals surface area (Å²) >= 11 is 6.32. The van der Waals surface area contributed by atoms with Gasteiger partial charge in [0.15, 0.2) is 17.2 Å². The predicted molar refractivity (Wildman–Crippen MR) is 128 cm³/mol. The lowest BCUT2D eigenvalue weighted by atomic mass is 9.99. The molecule has 0 saturated carbocycles. The van der Waals surface area contributed by atoms with E-state index in [0.29, 0.717) is 27.8 Å². The highest BCUT2D eigenvalue weighted by Crippen LogP contribution is 2.29. The van der Waals surface area contributed by atoms with Crippen molar-refractivity contribution in [3.8, 4) is 5.75 Å². The first-order chi connectivity index (χ1) is 16.4. The van der Waals surface area contributed by atoms with E-state index in [9.17, 15) is 13.6 Å². The van der Waals surface area contributed by atoms with E-state index >= 15 is 0 Å². The largest absolute Gasteiger partial charge is 0.485 e. The number of halogens is 3. The summed E-state index contributed by atoms with van der Waals surface area (Å²) in [7, 11) is 0. The van der Waals surface area contributed by atoms with Gasteiger partial charge in [0.25, 0.3) is 0 Å². The molecule has 2 heterocycles. The fourth-order valence-corrected chi connectivity index (χ4v) is 4.39. The average Bonchev–Trinajstić information content (AvgIpc) is 3.17. The Morgan fingerprint density at radius 1 is 0.971 bits per heavy atom. The molecule has 0 N–H and O–H groups in total. The predicted octanol–water partition coefficient (Wildman–Crippen LogP) is 6.73. The number of carbonyl (C=O) groups excluding carboxylic acids is 1. The lowest BCUT2D eigenvalue weighted by Gasteiger charge is -2.10. The molecule has 34 heavy (non-hydrogen) atoms. The molecule has 7 heteroatoms. The van der Waals surface area contributed by atoms with Crippen molar-refractivity contribution in [3.05, 3.63) is 112 Å². The van der Waals surface area contributed by atoms with E-state index in [1.165, 1.54) is 18.2 Å². The number of ketones is 1. The molecule has 2 aromatic heterocycles. The van der Waals surface area contributed by atoms with Gasteiger partial charge in [0, 0.05) is 23.0 Å². The molecular formula is C27H19ClF2N2O2. The van der Waals surface area contributed by atoms with Crippen LogP contribution in [0.5, 0.6) is 5.75 Å². The number of nitrogens with zero attached hydrogens (tertiary/aromatic N) is 2.